The van der Waals surface area contributed by atoms with Gasteiger partial charge in [-0.3, -0.25) is 5.43 Å². The van der Waals surface area contributed by atoms with E-state index in [1.807, 2.05) is 6.07 Å². The van der Waals surface area contributed by atoms with Crippen molar-refractivity contribution in [3.63, 3.8) is 0 Å². The molecular formula is C26H33N7O. The summed E-state index contributed by atoms with van der Waals surface area (Å²) in [5.74, 6) is 0.756. The Bertz CT molecular complexity index is 1110. The number of fused-ring (bicyclic) bond motifs is 1. The molecule has 1 aliphatic carbocycles. The van der Waals surface area contributed by atoms with Crippen LogP contribution in [0.1, 0.15) is 36.4 Å². The molecule has 1 saturated carbocycles. The van der Waals surface area contributed by atoms with Gasteiger partial charge < -0.3 is 15.4 Å². The van der Waals surface area contributed by atoms with Crippen LogP contribution in [0.4, 0.5) is 5.69 Å². The number of hydrogen-bond acceptors (Lipinski definition) is 7. The van der Waals surface area contributed by atoms with Gasteiger partial charge in [0.1, 0.15) is 0 Å². The predicted octanol–water partition coefficient (Wildman–Crippen LogP) is 2.47. The van der Waals surface area contributed by atoms with E-state index < -0.39 is 0 Å². The van der Waals surface area contributed by atoms with Crippen LogP contribution in [0, 0.1) is 5.92 Å². The van der Waals surface area contributed by atoms with Gasteiger partial charge in [-0.1, -0.05) is 47.7 Å². The molecule has 1 aromatic heterocycles. The fourth-order valence-corrected chi connectivity index (χ4v) is 5.78. The van der Waals surface area contributed by atoms with Crippen molar-refractivity contribution < 1.29 is 4.74 Å². The Kier molecular flexibility index (Phi) is 6.05. The molecule has 34 heavy (non-hydrogen) atoms. The van der Waals surface area contributed by atoms with Crippen molar-refractivity contribution in [1.29, 1.82) is 0 Å². The van der Waals surface area contributed by atoms with Crippen molar-refractivity contribution in [3.8, 4) is 11.3 Å². The first-order valence-corrected chi connectivity index (χ1v) is 12.4. The van der Waals surface area contributed by atoms with Crippen molar-refractivity contribution >= 4 is 5.69 Å². The topological polar surface area (TPSA) is 93.3 Å². The third-order valence-electron chi connectivity index (χ3n) is 7.62. The molecule has 4 unspecified atom stereocenters. The minimum absolute atomic E-state index is 0.0136. The number of nitrogens with two attached hydrogens (primary N) is 1. The number of anilines is 1. The SMILES string of the molecule is NC1NNC2CCC(c3nnn(Cc4ccccc4)c3-c3cccc(N4CCOCC4)c3)CC12. The molecule has 178 valence electrons. The fourth-order valence-electron chi connectivity index (χ4n) is 5.78. The summed E-state index contributed by atoms with van der Waals surface area (Å²) in [6, 6.07) is 19.8. The second kappa shape index (κ2) is 9.46. The van der Waals surface area contributed by atoms with Crippen molar-refractivity contribution in [2.45, 2.75) is 43.9 Å². The summed E-state index contributed by atoms with van der Waals surface area (Å²) in [6.07, 6.45) is 3.18. The van der Waals surface area contributed by atoms with Gasteiger partial charge >= 0.3 is 0 Å². The molecule has 2 aliphatic heterocycles. The molecule has 3 aromatic rings. The zero-order chi connectivity index (χ0) is 22.9. The third kappa shape index (κ3) is 4.22. The van der Waals surface area contributed by atoms with Crippen LogP contribution < -0.4 is 21.5 Å². The van der Waals surface area contributed by atoms with Crippen molar-refractivity contribution in [3.05, 3.63) is 65.9 Å². The normalized spacial score (nSPS) is 27.0. The number of nitrogens with one attached hydrogen (secondary N) is 2. The van der Waals surface area contributed by atoms with Crippen LogP contribution in [0.15, 0.2) is 54.6 Å². The lowest BCUT2D eigenvalue weighted by molar-refractivity contribution is 0.122. The van der Waals surface area contributed by atoms with Crippen LogP contribution in [-0.4, -0.2) is 53.5 Å². The number of benzene rings is 2. The number of aromatic nitrogens is 3. The molecule has 4 atom stereocenters. The van der Waals surface area contributed by atoms with Gasteiger partial charge in [-0.25, -0.2) is 10.1 Å². The van der Waals surface area contributed by atoms with Crippen LogP contribution >= 0.6 is 0 Å². The highest BCUT2D eigenvalue weighted by Gasteiger charge is 2.40. The monoisotopic (exact) mass is 459 g/mol. The van der Waals surface area contributed by atoms with Crippen LogP contribution in [-0.2, 0) is 11.3 Å². The number of rotatable bonds is 5. The minimum Gasteiger partial charge on any atom is -0.378 e. The standard InChI is InChI=1S/C26H33N7O/c27-26-22-16-19(9-10-23(22)28-30-26)24-25(33(31-29-24)17-18-5-2-1-3-6-18)20-7-4-8-21(15-20)32-11-13-34-14-12-32/h1-8,15,19,22-23,26,28,30H,9-14,16-17,27H2. The summed E-state index contributed by atoms with van der Waals surface area (Å²) in [5.41, 5.74) is 18.8. The van der Waals surface area contributed by atoms with E-state index in [1.165, 1.54) is 16.8 Å². The summed E-state index contributed by atoms with van der Waals surface area (Å²) in [7, 11) is 0. The minimum atomic E-state index is -0.0136. The molecule has 3 fully saturated rings. The van der Waals surface area contributed by atoms with E-state index in [-0.39, 0.29) is 6.17 Å². The Labute approximate surface area is 200 Å². The van der Waals surface area contributed by atoms with Crippen LogP contribution in [0.2, 0.25) is 0 Å². The van der Waals surface area contributed by atoms with Gasteiger partial charge in [-0.2, -0.15) is 0 Å². The Hall–Kier alpha value is -2.78. The van der Waals surface area contributed by atoms with E-state index in [4.69, 9.17) is 15.6 Å². The maximum absolute atomic E-state index is 6.36. The fraction of sp³-hybridized carbons (Fsp3) is 0.462. The second-order valence-electron chi connectivity index (χ2n) is 9.71. The first-order chi connectivity index (χ1) is 16.8. The van der Waals surface area contributed by atoms with E-state index in [1.54, 1.807) is 0 Å². The highest BCUT2D eigenvalue weighted by atomic mass is 16.5. The van der Waals surface area contributed by atoms with E-state index in [0.29, 0.717) is 24.4 Å². The smallest absolute Gasteiger partial charge is 0.0938 e. The largest absolute Gasteiger partial charge is 0.378 e. The molecule has 8 heteroatoms. The molecule has 0 radical (unpaired) electrons. The number of ether oxygens (including phenoxy) is 1. The van der Waals surface area contributed by atoms with Gasteiger partial charge in [0.15, 0.2) is 0 Å². The third-order valence-corrected chi connectivity index (χ3v) is 7.62. The van der Waals surface area contributed by atoms with Gasteiger partial charge in [-0.15, -0.1) is 5.10 Å². The molecule has 6 rings (SSSR count). The van der Waals surface area contributed by atoms with E-state index in [0.717, 1.165) is 57.0 Å². The van der Waals surface area contributed by atoms with Gasteiger partial charge in [0.2, 0.25) is 0 Å². The predicted molar refractivity (Wildman–Crippen MR) is 132 cm³/mol. The molecule has 4 N–H and O–H groups in total. The first-order valence-electron chi connectivity index (χ1n) is 12.4. The van der Waals surface area contributed by atoms with Crippen LogP contribution in [0.3, 0.4) is 0 Å². The zero-order valence-electron chi connectivity index (χ0n) is 19.4. The lowest BCUT2D eigenvalue weighted by atomic mass is 9.76. The lowest BCUT2D eigenvalue weighted by Gasteiger charge is -2.32. The quantitative estimate of drug-likeness (QED) is 0.540. The Morgan fingerprint density at radius 1 is 1.00 bits per heavy atom. The average molecular weight is 460 g/mol. The van der Waals surface area contributed by atoms with Gasteiger partial charge in [0.05, 0.1) is 37.3 Å². The summed E-state index contributed by atoms with van der Waals surface area (Å²) >= 11 is 0. The molecule has 0 bridgehead atoms. The molecule has 0 amide bonds. The summed E-state index contributed by atoms with van der Waals surface area (Å²) < 4.78 is 7.65. The lowest BCUT2D eigenvalue weighted by Crippen LogP contribution is -2.39. The number of nitrogens with zero attached hydrogens (tertiary/aromatic N) is 4. The number of morpholine rings is 1. The van der Waals surface area contributed by atoms with E-state index >= 15 is 0 Å². The van der Waals surface area contributed by atoms with Crippen molar-refractivity contribution in [1.82, 2.24) is 25.8 Å². The number of hydrogen-bond donors (Lipinski definition) is 3. The van der Waals surface area contributed by atoms with Gasteiger partial charge in [0, 0.05) is 42.2 Å². The maximum Gasteiger partial charge on any atom is 0.0938 e. The van der Waals surface area contributed by atoms with Crippen molar-refractivity contribution in [2.75, 3.05) is 31.2 Å². The average Bonchev–Trinajstić information content (AvgIpc) is 3.48. The molecule has 2 aromatic carbocycles. The Morgan fingerprint density at radius 2 is 1.85 bits per heavy atom. The highest BCUT2D eigenvalue weighted by Crippen LogP contribution is 2.41. The van der Waals surface area contributed by atoms with Crippen molar-refractivity contribution in [2.24, 2.45) is 11.7 Å². The summed E-state index contributed by atoms with van der Waals surface area (Å²) in [5, 5.41) is 9.47. The molecule has 0 spiro atoms. The van der Waals surface area contributed by atoms with Crippen LogP contribution in [0.5, 0.6) is 0 Å². The number of hydrazine groups is 1. The molecule has 2 saturated heterocycles. The molecule has 8 nitrogen and oxygen atoms in total. The highest BCUT2D eigenvalue weighted by molar-refractivity contribution is 5.68. The molecule has 3 aliphatic rings. The summed E-state index contributed by atoms with van der Waals surface area (Å²) in [4.78, 5) is 2.40. The van der Waals surface area contributed by atoms with E-state index in [9.17, 15) is 0 Å². The zero-order valence-corrected chi connectivity index (χ0v) is 19.4. The second-order valence-corrected chi connectivity index (χ2v) is 9.71. The molecule has 3 heterocycles. The van der Waals surface area contributed by atoms with Gasteiger partial charge in [-0.05, 0) is 37.0 Å². The van der Waals surface area contributed by atoms with Gasteiger partial charge in [0.25, 0.3) is 0 Å². The van der Waals surface area contributed by atoms with E-state index in [2.05, 4.69) is 74.2 Å². The first kappa shape index (κ1) is 21.7. The molecular weight excluding hydrogens is 426 g/mol. The van der Waals surface area contributed by atoms with Crippen LogP contribution in [0.25, 0.3) is 11.3 Å². The summed E-state index contributed by atoms with van der Waals surface area (Å²) in [6.45, 7) is 4.08. The Balaban J connectivity index is 1.37. The Morgan fingerprint density at radius 3 is 2.71 bits per heavy atom. The maximum atomic E-state index is 6.36.